The lowest BCUT2D eigenvalue weighted by atomic mass is 9.81. The summed E-state index contributed by atoms with van der Waals surface area (Å²) >= 11 is 0. The largest absolute Gasteiger partial charge is 0.461 e. The Labute approximate surface area is 738 Å². The van der Waals surface area contributed by atoms with E-state index in [1.165, 1.54) is 23.9 Å². The molecule has 126 heavy (non-hydrogen) atoms. The fourth-order valence-electron chi connectivity index (χ4n) is 18.0. The number of carbonyl (C=O) groups excluding carboxylic acids is 6. The Morgan fingerprint density at radius 2 is 1.44 bits per heavy atom. The number of nitrogens with two attached hydrogens (primary N) is 2. The van der Waals surface area contributed by atoms with E-state index in [2.05, 4.69) is 58.2 Å². The third-order valence-corrected chi connectivity index (χ3v) is 25.3. The van der Waals surface area contributed by atoms with E-state index in [1.807, 2.05) is 85.9 Å². The molecular formula is C93H130N14O19. The number of aliphatic hydroxyl groups is 1. The number of hydrogen-bond acceptors (Lipinski definition) is 29. The zero-order valence-electron chi connectivity index (χ0n) is 74.7. The summed E-state index contributed by atoms with van der Waals surface area (Å²) in [4.78, 5) is 114. The van der Waals surface area contributed by atoms with Gasteiger partial charge in [-0.1, -0.05) is 75.4 Å². The lowest BCUT2D eigenvalue weighted by molar-refractivity contribution is -0.168. The Morgan fingerprint density at radius 3 is 2.19 bits per heavy atom. The van der Waals surface area contributed by atoms with Gasteiger partial charge in [0.15, 0.2) is 17.0 Å². The molecule has 4 aromatic heterocycles. The number of ketones is 2. The number of piperidine rings is 1. The summed E-state index contributed by atoms with van der Waals surface area (Å²) in [6.07, 6.45) is 18.3. The number of fused-ring (bicyclic) bond motifs is 6. The summed E-state index contributed by atoms with van der Waals surface area (Å²) in [6.45, 7) is 18.9. The summed E-state index contributed by atoms with van der Waals surface area (Å²) in [6, 6.07) is 11.0. The number of carbonyl (C=O) groups is 6. The summed E-state index contributed by atoms with van der Waals surface area (Å²) < 4.78 is 73.2. The van der Waals surface area contributed by atoms with Crippen molar-refractivity contribution in [2.75, 3.05) is 143 Å². The number of amides is 3. The van der Waals surface area contributed by atoms with E-state index in [1.54, 1.807) is 46.7 Å². The molecule has 5 aliphatic heterocycles. The molecule has 12 rings (SSSR count). The molecule has 3 saturated heterocycles. The van der Waals surface area contributed by atoms with E-state index in [4.69, 9.17) is 73.1 Å². The second-order valence-electron chi connectivity index (χ2n) is 34.3. The van der Waals surface area contributed by atoms with Gasteiger partial charge in [0.2, 0.25) is 17.6 Å². The van der Waals surface area contributed by atoms with Crippen molar-refractivity contribution < 1.29 is 90.4 Å². The standard InChI is InChI=1S/C93H130N14O19/c1-59-16-11-10-12-17-60(2)77(115-6)51-70-18-15-20-76(123-70)85(111)89(112)106-31-14-13-19-73(106)90(113)124-71(52-78(116-7)61(3)47-63(5)84(110)86(118-9)83(109)62(4)46-59)26-22-64-23-27-75(79(49-64)117-8)126-93(114)98-55-66-53-96-92(97-54-66)104-35-33-103(34-36-104)37-39-120-41-43-122-45-44-121-42-40-119-38-30-80(108)105-32-29-67-48-65(21-24-69(67)57-105)56-107-88-81(87(94)99-58-100-88)82(102-107)68-25-28-74-72(50-68)101-91(95)125-74/h10-12,16-17,21,24-25,28,47-48,50,53-54,58-59,61-62,64,70-71,73,75-79,84,86,110H,13-15,18-20,22-23,26-27,29-46,49,51-52,55-57H2,1-9H3,(H2,95,101)(H,98,114)(H2,94,99,100)/b12-10?,16-11+,60-17?,63-47+/t59-,61-,62-,64-,70?,71-,73+,75-,76?,77+,78-,79-,84-,86+/m1/s1. The van der Waals surface area contributed by atoms with Crippen LogP contribution in [0.25, 0.3) is 33.4 Å². The van der Waals surface area contributed by atoms with Crippen molar-refractivity contribution in [3.8, 4) is 11.3 Å². The number of esters is 1. The van der Waals surface area contributed by atoms with Crippen LogP contribution in [0.15, 0.2) is 107 Å². The van der Waals surface area contributed by atoms with Crippen LogP contribution < -0.4 is 21.7 Å². The number of allylic oxidation sites excluding steroid dienone is 5. The van der Waals surface area contributed by atoms with Gasteiger partial charge >= 0.3 is 12.1 Å². The van der Waals surface area contributed by atoms with Gasteiger partial charge in [0.05, 0.1) is 95.6 Å². The first-order chi connectivity index (χ1) is 61.0. The first kappa shape index (κ1) is 95.6. The molecule has 6 aromatic rings. The average molecular weight is 1750 g/mol. The zero-order valence-corrected chi connectivity index (χ0v) is 74.7. The van der Waals surface area contributed by atoms with Gasteiger partial charge in [-0.15, -0.1) is 0 Å². The van der Waals surface area contributed by atoms with E-state index < -0.39 is 78.4 Å². The van der Waals surface area contributed by atoms with E-state index in [-0.39, 0.29) is 73.6 Å². The minimum absolute atomic E-state index is 0.0394. The molecule has 2 unspecified atom stereocenters. The number of benzene rings is 2. The minimum Gasteiger partial charge on any atom is -0.461 e. The lowest BCUT2D eigenvalue weighted by Gasteiger charge is -2.37. The second kappa shape index (κ2) is 47.5. The number of cyclic esters (lactones) is 1. The molecule has 2 bridgehead atoms. The van der Waals surface area contributed by atoms with E-state index in [9.17, 15) is 33.9 Å². The maximum atomic E-state index is 14.8. The number of aliphatic hydroxyl groups excluding tert-OH is 1. The predicted molar refractivity (Wildman–Crippen MR) is 472 cm³/mol. The highest BCUT2D eigenvalue weighted by Gasteiger charge is 2.43. The van der Waals surface area contributed by atoms with Gasteiger partial charge in [0.25, 0.3) is 11.9 Å². The minimum atomic E-state index is -1.24. The van der Waals surface area contributed by atoms with Gasteiger partial charge in [-0.3, -0.25) is 24.1 Å². The normalized spacial score (nSPS) is 26.4. The number of aromatic nitrogens is 7. The SMILES string of the molecule is CO[C@H]1CC2CCCC(O2)C(=O)C(=O)N2CCCC[C@H]2C(=O)O[C@H](CC[C@@H]2CC[C@@H](OC(=O)NCc3cnc(N4CCN(CCOCCOCCOCCOCCC(=O)N5CCc6cc(Cn7nc(-c8ccc9oc(N)nc9c8)c8c(N)ncnc87)ccc6C5)CC4)nc3)[C@H](OC)C2)C[C@@H](OC)[C@H](C)/C=C(\C)[C@@H](O)[C@@H](OC)C(=O)[C@H](C)C[C@H](C)/C=C/C=CC=C1C. The molecule has 3 amide bonds. The number of alkyl carbamates (subject to hydrolysis) is 1. The van der Waals surface area contributed by atoms with Crippen LogP contribution in [0.2, 0.25) is 0 Å². The highest BCUT2D eigenvalue weighted by Crippen LogP contribution is 2.37. The maximum Gasteiger partial charge on any atom is 0.407 e. The lowest BCUT2D eigenvalue weighted by Crippen LogP contribution is -2.54. The molecule has 1 saturated carbocycles. The monoisotopic (exact) mass is 1750 g/mol. The number of nitrogens with zero attached hydrogens (tertiary/aromatic N) is 11. The molecular weight excluding hydrogens is 1620 g/mol. The number of oxazole rings is 1. The van der Waals surface area contributed by atoms with Gasteiger partial charge < -0.3 is 93.1 Å². The number of hydrogen-bond donors (Lipinski definition) is 4. The number of rotatable bonds is 29. The van der Waals surface area contributed by atoms with Crippen LogP contribution in [0.1, 0.15) is 153 Å². The number of methoxy groups -OCH3 is 4. The van der Waals surface area contributed by atoms with Crippen LogP contribution in [0.4, 0.5) is 22.6 Å². The Balaban J connectivity index is 0.523. The van der Waals surface area contributed by atoms with Gasteiger partial charge in [-0.2, -0.15) is 10.1 Å². The van der Waals surface area contributed by atoms with Crippen LogP contribution in [-0.2, 0) is 102 Å². The van der Waals surface area contributed by atoms with Crippen molar-refractivity contribution in [3.63, 3.8) is 0 Å². The summed E-state index contributed by atoms with van der Waals surface area (Å²) in [5, 5.41) is 20.2. The first-order valence-corrected chi connectivity index (χ1v) is 44.8. The average Bonchev–Trinajstić information content (AvgIpc) is 1.61. The molecule has 2 aromatic carbocycles. The second-order valence-corrected chi connectivity index (χ2v) is 34.3. The Hall–Kier alpha value is -9.52. The third kappa shape index (κ3) is 26.4. The van der Waals surface area contributed by atoms with Crippen LogP contribution in [0.5, 0.6) is 0 Å². The van der Waals surface area contributed by atoms with E-state index in [0.717, 1.165) is 61.4 Å². The Bertz CT molecular complexity index is 4700. The topological polar surface area (TPSA) is 397 Å². The van der Waals surface area contributed by atoms with Crippen LogP contribution in [-0.4, -0.2) is 278 Å². The Morgan fingerprint density at radius 1 is 0.690 bits per heavy atom. The van der Waals surface area contributed by atoms with Crippen LogP contribution >= 0.6 is 0 Å². The van der Waals surface area contributed by atoms with Crippen molar-refractivity contribution in [2.24, 2.45) is 23.7 Å². The first-order valence-electron chi connectivity index (χ1n) is 44.8. The maximum absolute atomic E-state index is 14.8. The van der Waals surface area contributed by atoms with Crippen LogP contribution in [0.3, 0.4) is 0 Å². The molecule has 33 heteroatoms. The summed E-state index contributed by atoms with van der Waals surface area (Å²) in [7, 11) is 6.27. The number of Topliss-reactive ketones (excluding diaryl/α,β-unsaturated/α-hetero) is 2. The molecule has 0 spiro atoms. The quantitative estimate of drug-likeness (QED) is 0.0147. The highest BCUT2D eigenvalue weighted by atomic mass is 16.6. The molecule has 4 fully saturated rings. The molecule has 6 N–H and O–H groups in total. The molecule has 33 nitrogen and oxygen atoms in total. The zero-order chi connectivity index (χ0) is 89.2. The molecule has 686 valence electrons. The third-order valence-electron chi connectivity index (χ3n) is 25.3. The fourth-order valence-corrected chi connectivity index (χ4v) is 18.0. The van der Waals surface area contributed by atoms with E-state index in [0.29, 0.717) is 207 Å². The molecule has 9 heterocycles. The number of piperazine rings is 1. The summed E-state index contributed by atoms with van der Waals surface area (Å²) in [5.41, 5.74) is 21.0. The van der Waals surface area contributed by atoms with Crippen molar-refractivity contribution >= 4 is 75.4 Å². The molecule has 6 aliphatic rings. The number of nitrogen functional groups attached to an aromatic ring is 2. The van der Waals surface area contributed by atoms with Crippen molar-refractivity contribution in [1.29, 1.82) is 0 Å². The number of nitrogens with one attached hydrogen (secondary N) is 1. The number of anilines is 3. The van der Waals surface area contributed by atoms with Crippen molar-refractivity contribution in [3.05, 3.63) is 125 Å². The highest BCUT2D eigenvalue weighted by molar-refractivity contribution is 6.38. The van der Waals surface area contributed by atoms with E-state index >= 15 is 0 Å². The fraction of sp³-hybridized carbons (Fsp3) is 0.613. The predicted octanol–water partition coefficient (Wildman–Crippen LogP) is 9.86. The van der Waals surface area contributed by atoms with Gasteiger partial charge in [0, 0.05) is 136 Å². The van der Waals surface area contributed by atoms with Crippen molar-refractivity contribution in [1.82, 2.24) is 54.7 Å². The van der Waals surface area contributed by atoms with Crippen LogP contribution in [0, 0.1) is 23.7 Å². The van der Waals surface area contributed by atoms with Gasteiger partial charge in [-0.05, 0) is 155 Å². The number of ether oxygens (including phenoxy) is 11. The smallest absolute Gasteiger partial charge is 0.407 e. The van der Waals surface area contributed by atoms with Gasteiger partial charge in [0.1, 0.15) is 59.9 Å². The van der Waals surface area contributed by atoms with Crippen molar-refractivity contribution in [2.45, 2.75) is 218 Å². The molecule has 1 aliphatic carbocycles. The Kier molecular flexibility index (Phi) is 36.0. The molecule has 0 radical (unpaired) electrons. The van der Waals surface area contributed by atoms with Gasteiger partial charge in [-0.25, -0.2) is 34.2 Å². The molecule has 14 atom stereocenters. The summed E-state index contributed by atoms with van der Waals surface area (Å²) in [5.74, 6) is -1.87.